The van der Waals surface area contributed by atoms with Gasteiger partial charge >= 0.3 is 0 Å². The van der Waals surface area contributed by atoms with Crippen LogP contribution in [0.3, 0.4) is 0 Å². The van der Waals surface area contributed by atoms with Gasteiger partial charge in [0.1, 0.15) is 0 Å². The highest BCUT2D eigenvalue weighted by Crippen LogP contribution is 2.41. The number of benzene rings is 1. The predicted octanol–water partition coefficient (Wildman–Crippen LogP) is 3.17. The largest absolute Gasteiger partial charge is 0.372 e. The minimum Gasteiger partial charge on any atom is -0.372 e. The number of nitrogens with zero attached hydrogens (tertiary/aromatic N) is 2. The topological polar surface area (TPSA) is 35.6 Å². The molecule has 4 heterocycles. The fraction of sp³-hybridized carbons (Fsp3) is 0.650. The van der Waals surface area contributed by atoms with E-state index in [1.807, 2.05) is 0 Å². The van der Waals surface area contributed by atoms with Crippen LogP contribution in [0.5, 0.6) is 0 Å². The van der Waals surface area contributed by atoms with Crippen molar-refractivity contribution in [3.63, 3.8) is 0 Å². The van der Waals surface area contributed by atoms with Crippen molar-refractivity contribution < 1.29 is 4.79 Å². The Hall–Kier alpha value is -1.71. The zero-order valence-corrected chi connectivity index (χ0v) is 14.9. The zero-order chi connectivity index (χ0) is 16.7. The fourth-order valence-corrected chi connectivity index (χ4v) is 4.86. The van der Waals surface area contributed by atoms with Crippen LogP contribution in [-0.4, -0.2) is 37.6 Å². The van der Waals surface area contributed by atoms with Crippen LogP contribution >= 0.6 is 0 Å². The lowest BCUT2D eigenvalue weighted by Gasteiger charge is -2.48. The number of piperidine rings is 2. The van der Waals surface area contributed by atoms with Crippen LogP contribution in [0.15, 0.2) is 24.3 Å². The van der Waals surface area contributed by atoms with E-state index in [1.54, 1.807) is 0 Å². The van der Waals surface area contributed by atoms with Crippen molar-refractivity contribution in [1.82, 2.24) is 5.32 Å². The molecule has 4 nitrogen and oxygen atoms in total. The van der Waals surface area contributed by atoms with E-state index in [1.165, 1.54) is 43.7 Å². The van der Waals surface area contributed by atoms with Gasteiger partial charge in [-0.2, -0.15) is 0 Å². The fourth-order valence-electron chi connectivity index (χ4n) is 4.86. The summed E-state index contributed by atoms with van der Waals surface area (Å²) in [5.74, 6) is 0.211. The highest BCUT2D eigenvalue weighted by molar-refractivity contribution is 5.79. The number of carbonyl (C=O) groups excluding carboxylic acids is 1. The molecule has 0 aliphatic carbocycles. The Bertz CT molecular complexity index is 604. The first-order valence-electron chi connectivity index (χ1n) is 9.44. The SMILES string of the molecule is CC1(C)C[C@@H]2CN(c3ccc(N4CCCCC4)cc3)[C@H]1CC(=O)N2. The lowest BCUT2D eigenvalue weighted by Crippen LogP contribution is -2.54. The van der Waals surface area contributed by atoms with E-state index in [2.05, 4.69) is 53.2 Å². The summed E-state index contributed by atoms with van der Waals surface area (Å²) in [4.78, 5) is 17.1. The van der Waals surface area contributed by atoms with Crippen molar-refractivity contribution in [3.8, 4) is 0 Å². The molecule has 130 valence electrons. The molecule has 2 bridgehead atoms. The monoisotopic (exact) mass is 327 g/mol. The van der Waals surface area contributed by atoms with E-state index in [0.717, 1.165) is 13.0 Å². The number of amides is 1. The van der Waals surface area contributed by atoms with Crippen LogP contribution in [0.4, 0.5) is 11.4 Å². The van der Waals surface area contributed by atoms with Gasteiger partial charge < -0.3 is 15.1 Å². The van der Waals surface area contributed by atoms with Crippen LogP contribution in [0.2, 0.25) is 0 Å². The Morgan fingerprint density at radius 3 is 2.42 bits per heavy atom. The van der Waals surface area contributed by atoms with Crippen LogP contribution in [0.1, 0.15) is 46.0 Å². The highest BCUT2D eigenvalue weighted by Gasteiger charge is 2.45. The molecule has 1 aromatic rings. The second-order valence-electron chi connectivity index (χ2n) is 8.39. The molecule has 24 heavy (non-hydrogen) atoms. The summed E-state index contributed by atoms with van der Waals surface area (Å²) in [6, 6.07) is 9.60. The molecule has 0 saturated carbocycles. The highest BCUT2D eigenvalue weighted by atomic mass is 16.1. The molecule has 1 amide bonds. The summed E-state index contributed by atoms with van der Waals surface area (Å²) in [7, 11) is 0. The molecule has 2 atom stereocenters. The van der Waals surface area contributed by atoms with Gasteiger partial charge in [-0.15, -0.1) is 0 Å². The Morgan fingerprint density at radius 1 is 1.04 bits per heavy atom. The Labute approximate surface area is 145 Å². The number of anilines is 2. The van der Waals surface area contributed by atoms with Crippen LogP contribution in [0, 0.1) is 5.41 Å². The van der Waals surface area contributed by atoms with Crippen LogP contribution < -0.4 is 15.1 Å². The maximum atomic E-state index is 12.1. The number of fused-ring (bicyclic) bond motifs is 4. The molecule has 0 aromatic heterocycles. The van der Waals surface area contributed by atoms with Crippen molar-refractivity contribution in [2.75, 3.05) is 29.4 Å². The van der Waals surface area contributed by atoms with E-state index in [4.69, 9.17) is 0 Å². The first-order chi connectivity index (χ1) is 11.5. The van der Waals surface area contributed by atoms with E-state index in [0.29, 0.717) is 6.42 Å². The van der Waals surface area contributed by atoms with Gasteiger partial charge in [0.25, 0.3) is 0 Å². The third-order valence-electron chi connectivity index (χ3n) is 6.11. The summed E-state index contributed by atoms with van der Waals surface area (Å²) in [6.45, 7) is 7.90. The van der Waals surface area contributed by atoms with Crippen LogP contribution in [-0.2, 0) is 4.79 Å². The zero-order valence-electron chi connectivity index (χ0n) is 14.9. The molecule has 0 radical (unpaired) electrons. The van der Waals surface area contributed by atoms with Gasteiger partial charge in [-0.25, -0.2) is 0 Å². The molecule has 0 spiro atoms. The Balaban J connectivity index is 1.57. The summed E-state index contributed by atoms with van der Waals surface area (Å²) in [5, 5.41) is 3.20. The quantitative estimate of drug-likeness (QED) is 0.906. The van der Waals surface area contributed by atoms with Gasteiger partial charge in [0.05, 0.1) is 0 Å². The predicted molar refractivity (Wildman–Crippen MR) is 98.6 cm³/mol. The van der Waals surface area contributed by atoms with E-state index in [9.17, 15) is 4.79 Å². The maximum absolute atomic E-state index is 12.1. The molecule has 4 aliphatic rings. The van der Waals surface area contributed by atoms with Gasteiger partial charge in [0.15, 0.2) is 0 Å². The first-order valence-corrected chi connectivity index (χ1v) is 9.44. The van der Waals surface area contributed by atoms with Crippen LogP contribution in [0.25, 0.3) is 0 Å². The van der Waals surface area contributed by atoms with Gasteiger partial charge in [-0.3, -0.25) is 4.79 Å². The number of hydrogen-bond donors (Lipinski definition) is 1. The molecule has 5 rings (SSSR count). The summed E-state index contributed by atoms with van der Waals surface area (Å²) in [5.41, 5.74) is 2.76. The first kappa shape index (κ1) is 15.8. The normalized spacial score (nSPS) is 29.3. The summed E-state index contributed by atoms with van der Waals surface area (Å²) >= 11 is 0. The molecule has 1 aromatic carbocycles. The van der Waals surface area contributed by atoms with E-state index >= 15 is 0 Å². The second kappa shape index (κ2) is 5.98. The second-order valence-corrected chi connectivity index (χ2v) is 8.39. The van der Waals surface area contributed by atoms with Crippen molar-refractivity contribution in [2.45, 2.75) is 58.0 Å². The van der Waals surface area contributed by atoms with Gasteiger partial charge in [-0.1, -0.05) is 13.8 Å². The average molecular weight is 327 g/mol. The Kier molecular flexibility index (Phi) is 3.93. The van der Waals surface area contributed by atoms with Crippen molar-refractivity contribution in [2.24, 2.45) is 5.41 Å². The molecular weight excluding hydrogens is 298 g/mol. The number of carbonyl (C=O) groups is 1. The molecule has 0 unspecified atom stereocenters. The standard InChI is InChI=1S/C20H29N3O/c1-20(2)13-15-14-23(18(20)12-19(24)21-15)17-8-6-16(7-9-17)22-10-4-3-5-11-22/h6-9,15,18H,3-5,10-14H2,1-2H3,(H,21,24)/t15-,18+/m1/s1. The van der Waals surface area contributed by atoms with E-state index < -0.39 is 0 Å². The van der Waals surface area contributed by atoms with E-state index in [-0.39, 0.29) is 23.4 Å². The molecule has 4 aliphatic heterocycles. The Morgan fingerprint density at radius 2 is 1.71 bits per heavy atom. The van der Waals surface area contributed by atoms with Gasteiger partial charge in [0.2, 0.25) is 5.91 Å². The van der Waals surface area contributed by atoms with Gasteiger partial charge in [-0.05, 0) is 55.4 Å². The summed E-state index contributed by atoms with van der Waals surface area (Å²) in [6.07, 6.45) is 5.66. The van der Waals surface area contributed by atoms with Gasteiger partial charge in [0, 0.05) is 49.5 Å². The smallest absolute Gasteiger partial charge is 0.222 e. The maximum Gasteiger partial charge on any atom is 0.222 e. The van der Waals surface area contributed by atoms with Crippen molar-refractivity contribution >= 4 is 17.3 Å². The molecular formula is C20H29N3O. The molecule has 4 heteroatoms. The molecule has 1 N–H and O–H groups in total. The number of hydrogen-bond acceptors (Lipinski definition) is 3. The minimum atomic E-state index is 0.160. The molecule has 4 saturated heterocycles. The van der Waals surface area contributed by atoms with Crippen molar-refractivity contribution in [1.29, 1.82) is 0 Å². The lowest BCUT2D eigenvalue weighted by atomic mass is 9.74. The average Bonchev–Trinajstić information content (AvgIpc) is 2.80. The third-order valence-corrected chi connectivity index (χ3v) is 6.11. The third kappa shape index (κ3) is 2.87. The number of rotatable bonds is 2. The summed E-state index contributed by atoms with van der Waals surface area (Å²) < 4.78 is 0. The molecule has 4 fully saturated rings. The van der Waals surface area contributed by atoms with Crippen molar-refractivity contribution in [3.05, 3.63) is 24.3 Å². The number of nitrogens with one attached hydrogen (secondary N) is 1. The lowest BCUT2D eigenvalue weighted by molar-refractivity contribution is -0.121. The minimum absolute atomic E-state index is 0.160.